The summed E-state index contributed by atoms with van der Waals surface area (Å²) in [7, 11) is 0. The molecule has 0 spiro atoms. The Kier molecular flexibility index (Phi) is 3.71. The van der Waals surface area contributed by atoms with Gasteiger partial charge in [0.2, 0.25) is 0 Å². The third kappa shape index (κ3) is 2.98. The summed E-state index contributed by atoms with van der Waals surface area (Å²) in [6.07, 6.45) is 5.80. The molecular formula is C12H21N. The lowest BCUT2D eigenvalue weighted by Crippen LogP contribution is -2.05. The van der Waals surface area contributed by atoms with E-state index in [0.29, 0.717) is 11.8 Å². The fourth-order valence-corrected chi connectivity index (χ4v) is 1.64. The number of hydrogen-bond donors (Lipinski definition) is 0. The van der Waals surface area contributed by atoms with Crippen molar-refractivity contribution in [1.29, 1.82) is 0 Å². The Morgan fingerprint density at radius 2 is 1.77 bits per heavy atom. The van der Waals surface area contributed by atoms with Crippen LogP contribution in [0.15, 0.2) is 16.8 Å². The highest BCUT2D eigenvalue weighted by atomic mass is 14.7. The van der Waals surface area contributed by atoms with Gasteiger partial charge in [0.25, 0.3) is 0 Å². The topological polar surface area (TPSA) is 12.4 Å². The highest BCUT2D eigenvalue weighted by Crippen LogP contribution is 2.21. The van der Waals surface area contributed by atoms with Gasteiger partial charge in [-0.3, -0.25) is 4.99 Å². The summed E-state index contributed by atoms with van der Waals surface area (Å²) in [6.45, 7) is 8.96. The molecule has 0 saturated carbocycles. The zero-order valence-electron chi connectivity index (χ0n) is 9.30. The maximum atomic E-state index is 4.58. The predicted molar refractivity (Wildman–Crippen MR) is 59.0 cm³/mol. The van der Waals surface area contributed by atoms with Crippen molar-refractivity contribution in [3.63, 3.8) is 0 Å². The summed E-state index contributed by atoms with van der Waals surface area (Å²) in [5.74, 6) is 1.28. The lowest BCUT2D eigenvalue weighted by Gasteiger charge is -2.07. The zero-order chi connectivity index (χ0) is 9.84. The predicted octanol–water partition coefficient (Wildman–Crippen LogP) is 3.81. The fraction of sp³-hybridized carbons (Fsp3) is 0.750. The van der Waals surface area contributed by atoms with E-state index in [4.69, 9.17) is 0 Å². The second-order valence-electron chi connectivity index (χ2n) is 4.49. The third-order valence-electron chi connectivity index (χ3n) is 2.70. The molecule has 13 heavy (non-hydrogen) atoms. The van der Waals surface area contributed by atoms with Crippen LogP contribution in [0, 0.1) is 11.8 Å². The van der Waals surface area contributed by atoms with Crippen LogP contribution in [0.5, 0.6) is 0 Å². The van der Waals surface area contributed by atoms with Gasteiger partial charge in [0.05, 0.1) is 0 Å². The first-order chi connectivity index (χ1) is 6.11. The Morgan fingerprint density at radius 3 is 2.31 bits per heavy atom. The molecule has 0 bridgehead atoms. The fourth-order valence-electron chi connectivity index (χ4n) is 1.64. The van der Waals surface area contributed by atoms with Gasteiger partial charge in [0.1, 0.15) is 0 Å². The molecule has 0 aliphatic carbocycles. The molecule has 0 unspecified atom stereocenters. The first-order valence-electron chi connectivity index (χ1n) is 5.36. The quantitative estimate of drug-likeness (QED) is 0.611. The van der Waals surface area contributed by atoms with Crippen molar-refractivity contribution in [2.75, 3.05) is 0 Å². The number of hydrogen-bond acceptors (Lipinski definition) is 1. The van der Waals surface area contributed by atoms with E-state index >= 15 is 0 Å². The smallest absolute Gasteiger partial charge is 0.0261 e. The first kappa shape index (κ1) is 10.5. The van der Waals surface area contributed by atoms with Crippen molar-refractivity contribution in [3.05, 3.63) is 11.8 Å². The van der Waals surface area contributed by atoms with Crippen LogP contribution >= 0.6 is 0 Å². The van der Waals surface area contributed by atoms with Gasteiger partial charge in [-0.15, -0.1) is 0 Å². The minimum atomic E-state index is 0.614. The van der Waals surface area contributed by atoms with Crippen LogP contribution in [0.1, 0.15) is 47.0 Å². The maximum absolute atomic E-state index is 4.58. The highest BCUT2D eigenvalue weighted by Gasteiger charge is 2.10. The Bertz CT molecular complexity index is 197. The van der Waals surface area contributed by atoms with E-state index in [1.807, 2.05) is 0 Å². The molecule has 0 aromatic carbocycles. The van der Waals surface area contributed by atoms with Gasteiger partial charge < -0.3 is 0 Å². The second-order valence-corrected chi connectivity index (χ2v) is 4.49. The van der Waals surface area contributed by atoms with E-state index < -0.39 is 0 Å². The summed E-state index contributed by atoms with van der Waals surface area (Å²) in [5.41, 5.74) is 2.88. The van der Waals surface area contributed by atoms with Gasteiger partial charge in [-0.05, 0) is 36.7 Å². The normalized spacial score (nSPS) is 18.6. The molecule has 1 heteroatoms. The van der Waals surface area contributed by atoms with Crippen LogP contribution in [0.2, 0.25) is 0 Å². The van der Waals surface area contributed by atoms with Crippen molar-refractivity contribution in [3.8, 4) is 0 Å². The molecule has 0 radical (unpaired) electrons. The van der Waals surface area contributed by atoms with E-state index in [2.05, 4.69) is 38.9 Å². The van der Waals surface area contributed by atoms with Crippen molar-refractivity contribution < 1.29 is 0 Å². The summed E-state index contributed by atoms with van der Waals surface area (Å²) >= 11 is 0. The van der Waals surface area contributed by atoms with Gasteiger partial charge in [-0.2, -0.15) is 0 Å². The van der Waals surface area contributed by atoms with Crippen molar-refractivity contribution in [2.45, 2.75) is 47.0 Å². The third-order valence-corrected chi connectivity index (χ3v) is 2.70. The molecule has 1 aliphatic heterocycles. The highest BCUT2D eigenvalue weighted by molar-refractivity contribution is 5.87. The first-order valence-corrected chi connectivity index (χ1v) is 5.36. The molecule has 0 fully saturated rings. The summed E-state index contributed by atoms with van der Waals surface area (Å²) in [5, 5.41) is 0. The number of aliphatic imine (C=N–C) groups is 1. The van der Waals surface area contributed by atoms with E-state index in [0.717, 1.165) is 0 Å². The minimum Gasteiger partial charge on any atom is -0.265 e. The van der Waals surface area contributed by atoms with Gasteiger partial charge >= 0.3 is 0 Å². The zero-order valence-corrected chi connectivity index (χ0v) is 9.30. The van der Waals surface area contributed by atoms with E-state index in [-0.39, 0.29) is 0 Å². The molecule has 0 atom stereocenters. The molecule has 1 heterocycles. The molecule has 1 aliphatic rings. The van der Waals surface area contributed by atoms with Crippen LogP contribution in [0.4, 0.5) is 0 Å². The van der Waals surface area contributed by atoms with Crippen LogP contribution < -0.4 is 0 Å². The molecular weight excluding hydrogens is 158 g/mol. The Hall–Kier alpha value is -0.590. The van der Waals surface area contributed by atoms with E-state index in [1.165, 1.54) is 30.5 Å². The van der Waals surface area contributed by atoms with Gasteiger partial charge in [0, 0.05) is 11.9 Å². The van der Waals surface area contributed by atoms with Gasteiger partial charge in [-0.1, -0.05) is 27.7 Å². The van der Waals surface area contributed by atoms with Gasteiger partial charge in [0.15, 0.2) is 0 Å². The SMILES string of the molecule is CC(C)C1=CN=C(C(C)C)CCC1. The summed E-state index contributed by atoms with van der Waals surface area (Å²) in [6, 6.07) is 0. The molecule has 1 nitrogen and oxygen atoms in total. The van der Waals surface area contributed by atoms with Crippen molar-refractivity contribution in [2.24, 2.45) is 16.8 Å². The lowest BCUT2D eigenvalue weighted by atomic mass is 9.97. The van der Waals surface area contributed by atoms with E-state index in [9.17, 15) is 0 Å². The molecule has 0 saturated heterocycles. The molecule has 1 rings (SSSR count). The van der Waals surface area contributed by atoms with Crippen LogP contribution in [0.25, 0.3) is 0 Å². The molecule has 74 valence electrons. The number of nitrogens with zero attached hydrogens (tertiary/aromatic N) is 1. The monoisotopic (exact) mass is 179 g/mol. The average molecular weight is 179 g/mol. The lowest BCUT2D eigenvalue weighted by molar-refractivity contribution is 0.690. The summed E-state index contributed by atoms with van der Waals surface area (Å²) < 4.78 is 0. The van der Waals surface area contributed by atoms with E-state index in [1.54, 1.807) is 0 Å². The number of allylic oxidation sites excluding steroid dienone is 1. The standard InChI is InChI=1S/C12H21N/c1-9(2)11-6-5-7-12(10(3)4)13-8-11/h8-10H,5-7H2,1-4H3. The largest absolute Gasteiger partial charge is 0.265 e. The molecule has 0 aromatic heterocycles. The van der Waals surface area contributed by atoms with Crippen LogP contribution in [-0.2, 0) is 0 Å². The van der Waals surface area contributed by atoms with Crippen LogP contribution in [0.3, 0.4) is 0 Å². The van der Waals surface area contributed by atoms with Crippen LogP contribution in [-0.4, -0.2) is 5.71 Å². The average Bonchev–Trinajstić information content (AvgIpc) is 2.27. The maximum Gasteiger partial charge on any atom is 0.0261 e. The van der Waals surface area contributed by atoms with Crippen molar-refractivity contribution in [1.82, 2.24) is 0 Å². The molecule has 0 N–H and O–H groups in total. The molecule has 0 amide bonds. The number of rotatable bonds is 2. The Balaban J connectivity index is 2.72. The van der Waals surface area contributed by atoms with Gasteiger partial charge in [-0.25, -0.2) is 0 Å². The second kappa shape index (κ2) is 4.59. The van der Waals surface area contributed by atoms with Crippen molar-refractivity contribution >= 4 is 5.71 Å². The summed E-state index contributed by atoms with van der Waals surface area (Å²) in [4.78, 5) is 4.58. The molecule has 0 aromatic rings. The minimum absolute atomic E-state index is 0.614. The Morgan fingerprint density at radius 1 is 1.08 bits per heavy atom. The Labute approximate surface area is 82.0 Å².